The quantitative estimate of drug-likeness (QED) is 0.589. The first kappa shape index (κ1) is 13.4. The standard InChI is InChI=1S/C17H17N3O/c1-2-20-15-6-4-3-5-14(15)19-17(20)11-16(21)12-7-9-13(18)10-8-12/h3-10H,2,11,18H2,1H3. The third-order valence-electron chi connectivity index (χ3n) is 3.60. The van der Waals surface area contributed by atoms with Crippen LogP contribution in [-0.2, 0) is 13.0 Å². The lowest BCUT2D eigenvalue weighted by Gasteiger charge is -2.06. The van der Waals surface area contributed by atoms with Crippen molar-refractivity contribution >= 4 is 22.5 Å². The van der Waals surface area contributed by atoms with Crippen LogP contribution >= 0.6 is 0 Å². The molecule has 0 atom stereocenters. The Morgan fingerprint density at radius 3 is 2.57 bits per heavy atom. The number of hydrogen-bond donors (Lipinski definition) is 1. The highest BCUT2D eigenvalue weighted by Crippen LogP contribution is 2.17. The lowest BCUT2D eigenvalue weighted by Crippen LogP contribution is -2.10. The van der Waals surface area contributed by atoms with E-state index >= 15 is 0 Å². The van der Waals surface area contributed by atoms with Crippen molar-refractivity contribution < 1.29 is 4.79 Å². The van der Waals surface area contributed by atoms with Gasteiger partial charge in [0.15, 0.2) is 5.78 Å². The number of nitrogens with zero attached hydrogens (tertiary/aromatic N) is 2. The van der Waals surface area contributed by atoms with Crippen molar-refractivity contribution in [2.75, 3.05) is 5.73 Å². The number of aryl methyl sites for hydroxylation is 1. The Morgan fingerprint density at radius 2 is 1.86 bits per heavy atom. The highest BCUT2D eigenvalue weighted by atomic mass is 16.1. The fraction of sp³-hybridized carbons (Fsp3) is 0.176. The van der Waals surface area contributed by atoms with Gasteiger partial charge in [-0.3, -0.25) is 4.79 Å². The Hall–Kier alpha value is -2.62. The molecule has 2 N–H and O–H groups in total. The van der Waals surface area contributed by atoms with Gasteiger partial charge in [-0.05, 0) is 43.3 Å². The van der Waals surface area contributed by atoms with E-state index in [4.69, 9.17) is 5.73 Å². The van der Waals surface area contributed by atoms with Crippen LogP contribution in [0.25, 0.3) is 11.0 Å². The fourth-order valence-electron chi connectivity index (χ4n) is 2.53. The van der Waals surface area contributed by atoms with Gasteiger partial charge in [-0.15, -0.1) is 0 Å². The zero-order valence-corrected chi connectivity index (χ0v) is 11.9. The van der Waals surface area contributed by atoms with Gasteiger partial charge < -0.3 is 10.3 Å². The van der Waals surface area contributed by atoms with Gasteiger partial charge in [-0.1, -0.05) is 12.1 Å². The molecule has 0 unspecified atom stereocenters. The van der Waals surface area contributed by atoms with Gasteiger partial charge in [0.2, 0.25) is 0 Å². The minimum absolute atomic E-state index is 0.0556. The van der Waals surface area contributed by atoms with Crippen LogP contribution in [0, 0.1) is 0 Å². The van der Waals surface area contributed by atoms with Crippen molar-refractivity contribution in [3.63, 3.8) is 0 Å². The maximum Gasteiger partial charge on any atom is 0.170 e. The van der Waals surface area contributed by atoms with Gasteiger partial charge in [0.05, 0.1) is 17.5 Å². The first-order valence-electron chi connectivity index (χ1n) is 7.02. The summed E-state index contributed by atoms with van der Waals surface area (Å²) < 4.78 is 2.09. The molecule has 21 heavy (non-hydrogen) atoms. The molecule has 0 bridgehead atoms. The number of hydrogen-bond acceptors (Lipinski definition) is 3. The molecule has 0 saturated heterocycles. The molecule has 0 aliphatic heterocycles. The van der Waals surface area contributed by atoms with Gasteiger partial charge in [0, 0.05) is 17.8 Å². The molecular weight excluding hydrogens is 262 g/mol. The van der Waals surface area contributed by atoms with Crippen LogP contribution in [-0.4, -0.2) is 15.3 Å². The Bertz CT molecular complexity index is 787. The lowest BCUT2D eigenvalue weighted by atomic mass is 10.1. The summed E-state index contributed by atoms with van der Waals surface area (Å²) in [5.74, 6) is 0.862. The van der Waals surface area contributed by atoms with Crippen molar-refractivity contribution in [2.24, 2.45) is 0 Å². The number of carbonyl (C=O) groups is 1. The fourth-order valence-corrected chi connectivity index (χ4v) is 2.53. The summed E-state index contributed by atoms with van der Waals surface area (Å²) in [5, 5.41) is 0. The molecule has 2 aromatic carbocycles. The van der Waals surface area contributed by atoms with Crippen LogP contribution in [0.1, 0.15) is 23.1 Å². The lowest BCUT2D eigenvalue weighted by molar-refractivity contribution is 0.0990. The summed E-state index contributed by atoms with van der Waals surface area (Å²) >= 11 is 0. The van der Waals surface area contributed by atoms with Crippen molar-refractivity contribution in [1.29, 1.82) is 0 Å². The van der Waals surface area contributed by atoms with Crippen LogP contribution in [0.2, 0.25) is 0 Å². The predicted octanol–water partition coefficient (Wildman–Crippen LogP) is 3.06. The maximum atomic E-state index is 12.4. The SMILES string of the molecule is CCn1c(CC(=O)c2ccc(N)cc2)nc2ccccc21. The van der Waals surface area contributed by atoms with E-state index in [1.165, 1.54) is 0 Å². The minimum atomic E-state index is 0.0556. The monoisotopic (exact) mass is 279 g/mol. The van der Waals surface area contributed by atoms with E-state index in [-0.39, 0.29) is 5.78 Å². The Kier molecular flexibility index (Phi) is 3.44. The second-order valence-electron chi connectivity index (χ2n) is 4.98. The molecule has 0 aliphatic carbocycles. The Morgan fingerprint density at radius 1 is 1.14 bits per heavy atom. The van der Waals surface area contributed by atoms with E-state index in [0.29, 0.717) is 17.7 Å². The Balaban J connectivity index is 1.94. The first-order chi connectivity index (χ1) is 10.2. The van der Waals surface area contributed by atoms with Gasteiger partial charge >= 0.3 is 0 Å². The van der Waals surface area contributed by atoms with Crippen LogP contribution in [0.3, 0.4) is 0 Å². The average Bonchev–Trinajstić information content (AvgIpc) is 2.84. The first-order valence-corrected chi connectivity index (χ1v) is 7.02. The second-order valence-corrected chi connectivity index (χ2v) is 4.98. The number of nitrogens with two attached hydrogens (primary N) is 1. The van der Waals surface area contributed by atoms with Crippen molar-refractivity contribution in [1.82, 2.24) is 9.55 Å². The predicted molar refractivity (Wildman–Crippen MR) is 84.3 cm³/mol. The smallest absolute Gasteiger partial charge is 0.170 e. The topological polar surface area (TPSA) is 60.9 Å². The number of Topliss-reactive ketones (excluding diaryl/α,β-unsaturated/α-hetero) is 1. The summed E-state index contributed by atoms with van der Waals surface area (Å²) in [4.78, 5) is 17.0. The molecule has 0 saturated carbocycles. The van der Waals surface area contributed by atoms with Crippen LogP contribution in [0.15, 0.2) is 48.5 Å². The maximum absolute atomic E-state index is 12.4. The molecule has 1 aromatic heterocycles. The van der Waals surface area contributed by atoms with Gasteiger partial charge in [0.1, 0.15) is 5.82 Å². The van der Waals surface area contributed by atoms with Gasteiger partial charge in [-0.25, -0.2) is 4.98 Å². The summed E-state index contributed by atoms with van der Waals surface area (Å²) in [6, 6.07) is 15.0. The number of para-hydroxylation sites is 2. The number of ketones is 1. The Labute approximate surface area is 123 Å². The number of nitrogen functional groups attached to an aromatic ring is 1. The highest BCUT2D eigenvalue weighted by molar-refractivity contribution is 5.97. The minimum Gasteiger partial charge on any atom is -0.399 e. The average molecular weight is 279 g/mol. The molecule has 4 heteroatoms. The number of rotatable bonds is 4. The number of aromatic nitrogens is 2. The molecular formula is C17H17N3O. The number of anilines is 1. The zero-order chi connectivity index (χ0) is 14.8. The molecule has 4 nitrogen and oxygen atoms in total. The molecule has 0 aliphatic rings. The van der Waals surface area contributed by atoms with Gasteiger partial charge in [0.25, 0.3) is 0 Å². The number of carbonyl (C=O) groups excluding carboxylic acids is 1. The van der Waals surface area contributed by atoms with Crippen molar-refractivity contribution in [3.05, 3.63) is 59.9 Å². The summed E-state index contributed by atoms with van der Waals surface area (Å²) in [6.07, 6.45) is 0.298. The number of fused-ring (bicyclic) bond motifs is 1. The van der Waals surface area contributed by atoms with Crippen molar-refractivity contribution in [3.8, 4) is 0 Å². The second kappa shape index (κ2) is 5.40. The van der Waals surface area contributed by atoms with Crippen LogP contribution in [0.5, 0.6) is 0 Å². The number of imidazole rings is 1. The molecule has 0 fully saturated rings. The molecule has 3 aromatic rings. The van der Waals surface area contributed by atoms with Crippen LogP contribution in [0.4, 0.5) is 5.69 Å². The van der Waals surface area contributed by atoms with Crippen molar-refractivity contribution in [2.45, 2.75) is 19.9 Å². The molecule has 3 rings (SSSR count). The van der Waals surface area contributed by atoms with Gasteiger partial charge in [-0.2, -0.15) is 0 Å². The van der Waals surface area contributed by atoms with E-state index < -0.39 is 0 Å². The van der Waals surface area contributed by atoms with E-state index in [1.807, 2.05) is 24.3 Å². The largest absolute Gasteiger partial charge is 0.399 e. The van der Waals surface area contributed by atoms with E-state index in [0.717, 1.165) is 23.4 Å². The molecule has 0 radical (unpaired) electrons. The third kappa shape index (κ3) is 2.52. The molecule has 0 amide bonds. The van der Waals surface area contributed by atoms with E-state index in [2.05, 4.69) is 16.5 Å². The highest BCUT2D eigenvalue weighted by Gasteiger charge is 2.14. The normalized spacial score (nSPS) is 10.9. The third-order valence-corrected chi connectivity index (χ3v) is 3.60. The van der Waals surface area contributed by atoms with E-state index in [1.54, 1.807) is 24.3 Å². The molecule has 0 spiro atoms. The summed E-state index contributed by atoms with van der Waals surface area (Å²) in [7, 11) is 0. The summed E-state index contributed by atoms with van der Waals surface area (Å²) in [6.45, 7) is 2.86. The number of benzene rings is 2. The summed E-state index contributed by atoms with van der Waals surface area (Å²) in [5.41, 5.74) is 8.97. The van der Waals surface area contributed by atoms with Crippen LogP contribution < -0.4 is 5.73 Å². The molecule has 1 heterocycles. The van der Waals surface area contributed by atoms with E-state index in [9.17, 15) is 4.79 Å². The molecule has 106 valence electrons. The zero-order valence-electron chi connectivity index (χ0n) is 11.9.